The number of hydrogen-bond donors (Lipinski definition) is 0. The molecule has 0 unspecified atom stereocenters. The summed E-state index contributed by atoms with van der Waals surface area (Å²) in [6, 6.07) is 23.1. The van der Waals surface area contributed by atoms with Gasteiger partial charge in [-0.1, -0.05) is 75.4 Å². The molecule has 4 heteroatoms. The summed E-state index contributed by atoms with van der Waals surface area (Å²) < 4.78 is 16.9. The smallest absolute Gasteiger partial charge is 0.336 e. The van der Waals surface area contributed by atoms with Gasteiger partial charge in [0.2, 0.25) is 0 Å². The van der Waals surface area contributed by atoms with Crippen LogP contribution >= 0.6 is 0 Å². The van der Waals surface area contributed by atoms with Crippen LogP contribution in [0.25, 0.3) is 6.08 Å². The monoisotopic (exact) mass is 416 g/mol. The Kier molecular flexibility index (Phi) is 7.14. The average molecular weight is 417 g/mol. The molecule has 0 saturated heterocycles. The first-order valence-electron chi connectivity index (χ1n) is 10.2. The first-order valence-corrected chi connectivity index (χ1v) is 10.2. The molecule has 0 atom stereocenters. The molecule has 0 fully saturated rings. The minimum atomic E-state index is -0.430. The molecule has 0 saturated carbocycles. The van der Waals surface area contributed by atoms with Crippen molar-refractivity contribution in [1.82, 2.24) is 0 Å². The second-order valence-electron chi connectivity index (χ2n) is 8.19. The van der Waals surface area contributed by atoms with Gasteiger partial charge in [0, 0.05) is 11.6 Å². The predicted molar refractivity (Wildman–Crippen MR) is 124 cm³/mol. The third-order valence-electron chi connectivity index (χ3n) is 4.74. The molecule has 31 heavy (non-hydrogen) atoms. The molecule has 4 nitrogen and oxygen atoms in total. The number of esters is 1. The van der Waals surface area contributed by atoms with Crippen LogP contribution in [0.4, 0.5) is 0 Å². The van der Waals surface area contributed by atoms with Gasteiger partial charge in [0.25, 0.3) is 0 Å². The van der Waals surface area contributed by atoms with Crippen LogP contribution in [-0.2, 0) is 16.8 Å². The Hall–Kier alpha value is -3.53. The van der Waals surface area contributed by atoms with E-state index in [0.29, 0.717) is 23.9 Å². The Bertz CT molecular complexity index is 1050. The molecular formula is C27H28O4. The van der Waals surface area contributed by atoms with Crippen LogP contribution in [0.3, 0.4) is 0 Å². The lowest BCUT2D eigenvalue weighted by Gasteiger charge is -2.21. The second kappa shape index (κ2) is 9.98. The van der Waals surface area contributed by atoms with Gasteiger partial charge in [-0.25, -0.2) is 4.79 Å². The van der Waals surface area contributed by atoms with E-state index in [-0.39, 0.29) is 5.41 Å². The fourth-order valence-corrected chi connectivity index (χ4v) is 3.12. The Morgan fingerprint density at radius 2 is 1.58 bits per heavy atom. The first kappa shape index (κ1) is 22.2. The molecule has 0 aromatic heterocycles. The van der Waals surface area contributed by atoms with Crippen LogP contribution in [0.5, 0.6) is 17.2 Å². The van der Waals surface area contributed by atoms with E-state index >= 15 is 0 Å². The normalized spacial score (nSPS) is 11.4. The van der Waals surface area contributed by atoms with Crippen LogP contribution in [0, 0.1) is 0 Å². The molecule has 0 aliphatic rings. The van der Waals surface area contributed by atoms with Crippen molar-refractivity contribution in [3.63, 3.8) is 0 Å². The van der Waals surface area contributed by atoms with Crippen LogP contribution in [0.15, 0.2) is 78.9 Å². The standard InChI is InChI=1S/C27H28O4/c1-27(2,3)22-12-8-9-13-23(22)31-26(28)17-15-20-14-16-24(25(18-20)29-4)30-19-21-10-6-5-7-11-21/h5-18H,19H2,1-4H3/b17-15+. The van der Waals surface area contributed by atoms with Crippen molar-refractivity contribution in [2.75, 3.05) is 7.11 Å². The second-order valence-corrected chi connectivity index (χ2v) is 8.19. The summed E-state index contributed by atoms with van der Waals surface area (Å²) >= 11 is 0. The quantitative estimate of drug-likeness (QED) is 0.262. The molecule has 0 aliphatic heterocycles. The van der Waals surface area contributed by atoms with E-state index in [0.717, 1.165) is 16.7 Å². The van der Waals surface area contributed by atoms with Crippen molar-refractivity contribution in [2.45, 2.75) is 32.8 Å². The van der Waals surface area contributed by atoms with Crippen molar-refractivity contribution in [3.8, 4) is 17.2 Å². The lowest BCUT2D eigenvalue weighted by atomic mass is 9.86. The Morgan fingerprint density at radius 3 is 2.29 bits per heavy atom. The zero-order valence-electron chi connectivity index (χ0n) is 18.4. The van der Waals surface area contributed by atoms with Crippen molar-refractivity contribution in [1.29, 1.82) is 0 Å². The van der Waals surface area contributed by atoms with Gasteiger partial charge in [0.15, 0.2) is 11.5 Å². The van der Waals surface area contributed by atoms with Crippen molar-refractivity contribution in [2.24, 2.45) is 0 Å². The third-order valence-corrected chi connectivity index (χ3v) is 4.74. The maximum atomic E-state index is 12.4. The van der Waals surface area contributed by atoms with E-state index in [1.54, 1.807) is 13.2 Å². The summed E-state index contributed by atoms with van der Waals surface area (Å²) in [7, 11) is 1.59. The minimum absolute atomic E-state index is 0.121. The highest BCUT2D eigenvalue weighted by Crippen LogP contribution is 2.31. The molecule has 0 amide bonds. The molecule has 0 heterocycles. The summed E-state index contributed by atoms with van der Waals surface area (Å²) in [5, 5.41) is 0. The fraction of sp³-hybridized carbons (Fsp3) is 0.222. The molecule has 0 N–H and O–H groups in total. The van der Waals surface area contributed by atoms with E-state index in [9.17, 15) is 4.79 Å². The molecule has 0 spiro atoms. The number of benzene rings is 3. The van der Waals surface area contributed by atoms with Crippen molar-refractivity contribution < 1.29 is 19.0 Å². The first-order chi connectivity index (χ1) is 14.9. The topological polar surface area (TPSA) is 44.8 Å². The largest absolute Gasteiger partial charge is 0.493 e. The number of carbonyl (C=O) groups excluding carboxylic acids is 1. The summed E-state index contributed by atoms with van der Waals surface area (Å²) in [6.07, 6.45) is 3.12. The fourth-order valence-electron chi connectivity index (χ4n) is 3.12. The van der Waals surface area contributed by atoms with Crippen LogP contribution in [0.1, 0.15) is 37.5 Å². The molecule has 160 valence electrons. The molecule has 0 bridgehead atoms. The number of carbonyl (C=O) groups is 1. The Balaban J connectivity index is 1.67. The maximum Gasteiger partial charge on any atom is 0.336 e. The average Bonchev–Trinajstić information content (AvgIpc) is 2.77. The zero-order valence-corrected chi connectivity index (χ0v) is 18.4. The maximum absolute atomic E-state index is 12.4. The van der Waals surface area contributed by atoms with Gasteiger partial charge >= 0.3 is 5.97 Å². The SMILES string of the molecule is COc1cc(/C=C/C(=O)Oc2ccccc2C(C)(C)C)ccc1OCc1ccccc1. The van der Waals surface area contributed by atoms with Crippen molar-refractivity contribution >= 4 is 12.0 Å². The van der Waals surface area contributed by atoms with Gasteiger partial charge in [-0.15, -0.1) is 0 Å². The number of ether oxygens (including phenoxy) is 3. The molecule has 0 radical (unpaired) electrons. The molecule has 3 aromatic rings. The van der Waals surface area contributed by atoms with Crippen LogP contribution in [0.2, 0.25) is 0 Å². The lowest BCUT2D eigenvalue weighted by molar-refractivity contribution is -0.128. The van der Waals surface area contributed by atoms with Crippen molar-refractivity contribution in [3.05, 3.63) is 95.6 Å². The van der Waals surface area contributed by atoms with E-state index in [4.69, 9.17) is 14.2 Å². The summed E-state index contributed by atoms with van der Waals surface area (Å²) in [4.78, 5) is 12.4. The van der Waals surface area contributed by atoms with Gasteiger partial charge in [0.1, 0.15) is 12.4 Å². The summed E-state index contributed by atoms with van der Waals surface area (Å²) in [5.41, 5.74) is 2.75. The molecule has 0 aliphatic carbocycles. The Morgan fingerprint density at radius 1 is 0.871 bits per heavy atom. The number of hydrogen-bond acceptors (Lipinski definition) is 4. The minimum Gasteiger partial charge on any atom is -0.493 e. The van der Waals surface area contributed by atoms with E-state index in [1.165, 1.54) is 6.08 Å². The Labute approximate surface area is 184 Å². The van der Waals surface area contributed by atoms with Gasteiger partial charge in [-0.05, 0) is 40.8 Å². The lowest BCUT2D eigenvalue weighted by Crippen LogP contribution is -2.15. The highest BCUT2D eigenvalue weighted by Gasteiger charge is 2.19. The van der Waals surface area contributed by atoms with E-state index in [2.05, 4.69) is 20.8 Å². The summed E-state index contributed by atoms with van der Waals surface area (Å²) in [6.45, 7) is 6.71. The van der Waals surface area contributed by atoms with Gasteiger partial charge < -0.3 is 14.2 Å². The van der Waals surface area contributed by atoms with Gasteiger partial charge in [-0.3, -0.25) is 0 Å². The highest BCUT2D eigenvalue weighted by atomic mass is 16.5. The predicted octanol–water partition coefficient (Wildman–Crippen LogP) is 6.19. The number of para-hydroxylation sites is 1. The van der Waals surface area contributed by atoms with E-state index < -0.39 is 5.97 Å². The number of rotatable bonds is 7. The van der Waals surface area contributed by atoms with Crippen LogP contribution < -0.4 is 14.2 Å². The third kappa shape index (κ3) is 6.22. The molecular weight excluding hydrogens is 388 g/mol. The van der Waals surface area contributed by atoms with Gasteiger partial charge in [-0.2, -0.15) is 0 Å². The number of methoxy groups -OCH3 is 1. The van der Waals surface area contributed by atoms with Crippen LogP contribution in [-0.4, -0.2) is 13.1 Å². The zero-order chi connectivity index (χ0) is 22.3. The van der Waals surface area contributed by atoms with E-state index in [1.807, 2.05) is 72.8 Å². The van der Waals surface area contributed by atoms with Gasteiger partial charge in [0.05, 0.1) is 7.11 Å². The highest BCUT2D eigenvalue weighted by molar-refractivity contribution is 5.89. The summed E-state index contributed by atoms with van der Waals surface area (Å²) in [5.74, 6) is 1.39. The molecule has 3 aromatic carbocycles. The molecule has 3 rings (SSSR count).